The van der Waals surface area contributed by atoms with Crippen molar-refractivity contribution in [3.63, 3.8) is 0 Å². The molecule has 0 aromatic heterocycles. The Morgan fingerprint density at radius 2 is 1.59 bits per heavy atom. The molecule has 0 spiro atoms. The second kappa shape index (κ2) is 9.28. The van der Waals surface area contributed by atoms with E-state index < -0.39 is 48.5 Å². The zero-order valence-corrected chi connectivity index (χ0v) is 19.1. The van der Waals surface area contributed by atoms with Gasteiger partial charge in [0.05, 0.1) is 16.7 Å². The summed E-state index contributed by atoms with van der Waals surface area (Å²) in [6.45, 7) is 4.03. The first-order chi connectivity index (χ1) is 14.9. The topological polar surface area (TPSA) is 92.8 Å². The van der Waals surface area contributed by atoms with Crippen molar-refractivity contribution in [2.75, 3.05) is 17.8 Å². The highest BCUT2D eigenvalue weighted by molar-refractivity contribution is 7.92. The van der Waals surface area contributed by atoms with Gasteiger partial charge in [0.1, 0.15) is 10.6 Å². The first-order valence-corrected chi connectivity index (χ1v) is 12.8. The van der Waals surface area contributed by atoms with E-state index in [-0.39, 0.29) is 16.3 Å². The summed E-state index contributed by atoms with van der Waals surface area (Å²) in [5.41, 5.74) is -0.277. The predicted molar refractivity (Wildman–Crippen MR) is 112 cm³/mol. The third-order valence-corrected chi connectivity index (χ3v) is 8.08. The van der Waals surface area contributed by atoms with Gasteiger partial charge in [-0.3, -0.25) is 4.72 Å². The van der Waals surface area contributed by atoms with Gasteiger partial charge in [0, 0.05) is 13.1 Å². The van der Waals surface area contributed by atoms with Crippen molar-refractivity contribution in [2.45, 2.75) is 49.0 Å². The number of ether oxygens (including phenoxy) is 1. The number of anilines is 1. The summed E-state index contributed by atoms with van der Waals surface area (Å²) in [5, 5.41) is 0. The minimum Gasteiger partial charge on any atom is -0.489 e. The maximum atomic E-state index is 14.1. The van der Waals surface area contributed by atoms with Crippen LogP contribution in [0.15, 0.2) is 40.1 Å². The van der Waals surface area contributed by atoms with Crippen LogP contribution in [-0.2, 0) is 20.0 Å². The van der Waals surface area contributed by atoms with Crippen molar-refractivity contribution in [3.05, 3.63) is 47.8 Å². The normalized spacial score (nSPS) is 15.7. The number of halogens is 3. The molecule has 3 rings (SSSR count). The molecule has 0 bridgehead atoms. The van der Waals surface area contributed by atoms with Crippen LogP contribution in [-0.4, -0.2) is 40.3 Å². The molecule has 0 amide bonds. The van der Waals surface area contributed by atoms with Crippen LogP contribution in [0, 0.1) is 17.5 Å². The fraction of sp³-hybridized carbons (Fsp3) is 0.400. The molecule has 32 heavy (non-hydrogen) atoms. The SMILES string of the molecule is CC(C)Oc1ccc(S(=O)(=O)N2CCCCC2)cc1NS(=O)(=O)c1ccc(F)c(F)c1F. The Kier molecular flexibility index (Phi) is 7.06. The Morgan fingerprint density at radius 1 is 0.938 bits per heavy atom. The van der Waals surface area contributed by atoms with Gasteiger partial charge in [-0.2, -0.15) is 4.31 Å². The van der Waals surface area contributed by atoms with Crippen LogP contribution in [0.2, 0.25) is 0 Å². The molecular weight excluding hydrogens is 469 g/mol. The molecule has 2 aromatic rings. The van der Waals surface area contributed by atoms with E-state index in [1.165, 1.54) is 16.4 Å². The van der Waals surface area contributed by atoms with E-state index in [9.17, 15) is 30.0 Å². The third-order valence-electron chi connectivity index (χ3n) is 4.80. The van der Waals surface area contributed by atoms with Crippen LogP contribution in [0.25, 0.3) is 0 Å². The minimum atomic E-state index is -4.75. The summed E-state index contributed by atoms with van der Waals surface area (Å²) in [4.78, 5) is -1.31. The van der Waals surface area contributed by atoms with Crippen LogP contribution in [0.4, 0.5) is 18.9 Å². The lowest BCUT2D eigenvalue weighted by molar-refractivity contribution is 0.243. The van der Waals surface area contributed by atoms with Crippen molar-refractivity contribution >= 4 is 25.7 Å². The van der Waals surface area contributed by atoms with Gasteiger partial charge in [-0.05, 0) is 57.0 Å². The summed E-state index contributed by atoms with van der Waals surface area (Å²) in [6, 6.07) is 4.70. The van der Waals surface area contributed by atoms with Crippen LogP contribution < -0.4 is 9.46 Å². The number of hydrogen-bond donors (Lipinski definition) is 1. The van der Waals surface area contributed by atoms with Crippen molar-refractivity contribution in [2.24, 2.45) is 0 Å². The molecule has 176 valence electrons. The molecule has 1 aliphatic heterocycles. The molecule has 7 nitrogen and oxygen atoms in total. The Bertz CT molecular complexity index is 1210. The highest BCUT2D eigenvalue weighted by Gasteiger charge is 2.29. The van der Waals surface area contributed by atoms with Crippen molar-refractivity contribution in [3.8, 4) is 5.75 Å². The second-order valence-electron chi connectivity index (χ2n) is 7.57. The summed E-state index contributed by atoms with van der Waals surface area (Å²) >= 11 is 0. The molecule has 0 atom stereocenters. The number of nitrogens with zero attached hydrogens (tertiary/aromatic N) is 1. The Labute approximate surface area is 185 Å². The monoisotopic (exact) mass is 492 g/mol. The van der Waals surface area contributed by atoms with E-state index >= 15 is 0 Å². The summed E-state index contributed by atoms with van der Waals surface area (Å²) in [6.07, 6.45) is 1.94. The number of rotatable bonds is 7. The summed E-state index contributed by atoms with van der Waals surface area (Å²) < 4.78 is 101. The van der Waals surface area contributed by atoms with E-state index in [1.807, 2.05) is 4.72 Å². The molecule has 0 saturated carbocycles. The third kappa shape index (κ3) is 5.02. The van der Waals surface area contributed by atoms with Crippen molar-refractivity contribution < 1.29 is 34.7 Å². The quantitative estimate of drug-likeness (QED) is 0.593. The lowest BCUT2D eigenvalue weighted by Gasteiger charge is -2.26. The van der Waals surface area contributed by atoms with Gasteiger partial charge < -0.3 is 4.74 Å². The van der Waals surface area contributed by atoms with Gasteiger partial charge in [-0.1, -0.05) is 6.42 Å². The lowest BCUT2D eigenvalue weighted by Crippen LogP contribution is -2.35. The smallest absolute Gasteiger partial charge is 0.265 e. The molecule has 1 aliphatic rings. The maximum absolute atomic E-state index is 14.1. The number of sulfonamides is 2. The number of piperidine rings is 1. The second-order valence-corrected chi connectivity index (χ2v) is 11.2. The van der Waals surface area contributed by atoms with E-state index in [0.29, 0.717) is 38.1 Å². The van der Waals surface area contributed by atoms with Crippen LogP contribution in [0.1, 0.15) is 33.1 Å². The minimum absolute atomic E-state index is 0.0100. The fourth-order valence-corrected chi connectivity index (χ4v) is 5.95. The Hall–Kier alpha value is -2.31. The summed E-state index contributed by atoms with van der Waals surface area (Å²) in [7, 11) is -8.66. The first kappa shape index (κ1) is 24.3. The van der Waals surface area contributed by atoms with E-state index in [1.54, 1.807) is 13.8 Å². The fourth-order valence-electron chi connectivity index (χ4n) is 3.28. The van der Waals surface area contributed by atoms with Gasteiger partial charge in [0.25, 0.3) is 10.0 Å². The van der Waals surface area contributed by atoms with Crippen molar-refractivity contribution in [1.82, 2.24) is 4.31 Å². The molecule has 0 unspecified atom stereocenters. The zero-order valence-electron chi connectivity index (χ0n) is 17.4. The molecule has 2 aromatic carbocycles. The molecule has 1 saturated heterocycles. The average molecular weight is 493 g/mol. The van der Waals surface area contributed by atoms with Crippen molar-refractivity contribution in [1.29, 1.82) is 0 Å². The number of hydrogen-bond acceptors (Lipinski definition) is 5. The van der Waals surface area contributed by atoms with Crippen LogP contribution >= 0.6 is 0 Å². The lowest BCUT2D eigenvalue weighted by atomic mass is 10.2. The molecule has 1 fully saturated rings. The van der Waals surface area contributed by atoms with Crippen LogP contribution in [0.3, 0.4) is 0 Å². The largest absolute Gasteiger partial charge is 0.489 e. The van der Waals surface area contributed by atoms with Gasteiger partial charge >= 0.3 is 0 Å². The van der Waals surface area contributed by atoms with Gasteiger partial charge in [0.15, 0.2) is 17.5 Å². The predicted octanol–water partition coefficient (Wildman–Crippen LogP) is 3.87. The Balaban J connectivity index is 2.05. The van der Waals surface area contributed by atoms with E-state index in [0.717, 1.165) is 12.5 Å². The molecule has 12 heteroatoms. The molecule has 0 aliphatic carbocycles. The van der Waals surface area contributed by atoms with E-state index in [2.05, 4.69) is 0 Å². The van der Waals surface area contributed by atoms with Crippen LogP contribution in [0.5, 0.6) is 5.75 Å². The van der Waals surface area contributed by atoms with Gasteiger partial charge in [-0.15, -0.1) is 0 Å². The highest BCUT2D eigenvalue weighted by Crippen LogP contribution is 2.33. The summed E-state index contributed by atoms with van der Waals surface area (Å²) in [5.74, 6) is -5.38. The van der Waals surface area contributed by atoms with Gasteiger partial charge in [-0.25, -0.2) is 30.0 Å². The highest BCUT2D eigenvalue weighted by atomic mass is 32.2. The molecular formula is C20H23F3N2O5S2. The standard InChI is InChI=1S/C20H23F3N2O5S2/c1-13(2)30-17-8-6-14(32(28,29)25-10-4-3-5-11-25)12-16(17)24-31(26,27)18-9-7-15(21)19(22)20(18)23/h6-9,12-13,24H,3-5,10-11H2,1-2H3. The zero-order chi connectivity index (χ0) is 23.7. The average Bonchev–Trinajstić information content (AvgIpc) is 2.73. The maximum Gasteiger partial charge on any atom is 0.265 e. The molecule has 1 N–H and O–H groups in total. The Morgan fingerprint density at radius 3 is 2.22 bits per heavy atom. The van der Waals surface area contributed by atoms with Gasteiger partial charge in [0.2, 0.25) is 10.0 Å². The molecule has 1 heterocycles. The first-order valence-electron chi connectivity index (χ1n) is 9.90. The van der Waals surface area contributed by atoms with E-state index in [4.69, 9.17) is 4.74 Å². The molecule has 0 radical (unpaired) electrons. The number of benzene rings is 2. The number of nitrogens with one attached hydrogen (secondary N) is 1.